The summed E-state index contributed by atoms with van der Waals surface area (Å²) < 4.78 is 11.0. The fraction of sp³-hybridized carbons (Fsp3) is 0.643. The molecule has 6 heteroatoms. The predicted octanol–water partition coefficient (Wildman–Crippen LogP) is 1.05. The van der Waals surface area contributed by atoms with Crippen LogP contribution in [0.4, 0.5) is 0 Å². The van der Waals surface area contributed by atoms with Crippen molar-refractivity contribution in [1.29, 1.82) is 0 Å². The molecule has 0 aromatic carbocycles. The van der Waals surface area contributed by atoms with Gasteiger partial charge in [0.05, 0.1) is 13.2 Å². The number of hydrogen-bond donors (Lipinski definition) is 2. The molecular formula is C14H23N3O3. The van der Waals surface area contributed by atoms with E-state index in [1.807, 2.05) is 13.0 Å². The summed E-state index contributed by atoms with van der Waals surface area (Å²) in [7, 11) is 2.05. The van der Waals surface area contributed by atoms with E-state index >= 15 is 0 Å². The highest BCUT2D eigenvalue weighted by atomic mass is 16.5. The van der Waals surface area contributed by atoms with Gasteiger partial charge in [0.25, 0.3) is 0 Å². The summed E-state index contributed by atoms with van der Waals surface area (Å²) in [5, 5.41) is 0. The highest BCUT2D eigenvalue weighted by Crippen LogP contribution is 2.18. The Morgan fingerprint density at radius 2 is 2.40 bits per heavy atom. The fourth-order valence-electron chi connectivity index (χ4n) is 2.64. The second-order valence-corrected chi connectivity index (χ2v) is 5.48. The average Bonchev–Trinajstić information content (AvgIpc) is 2.79. The lowest BCUT2D eigenvalue weighted by molar-refractivity contribution is 0.0403. The summed E-state index contributed by atoms with van der Waals surface area (Å²) in [6.07, 6.45) is 2.35. The Morgan fingerprint density at radius 1 is 1.60 bits per heavy atom. The smallest absolute Gasteiger partial charge is 0.301 e. The Bertz CT molecular complexity index is 453. The van der Waals surface area contributed by atoms with Crippen molar-refractivity contribution in [3.8, 4) is 0 Å². The molecule has 2 heterocycles. The number of carbonyl (C=O) groups excluding carboxylic acids is 1. The number of nitrogens with one attached hydrogen (secondary N) is 1. The number of carbonyl (C=O) groups is 1. The van der Waals surface area contributed by atoms with Crippen LogP contribution in [0, 0.1) is 12.8 Å². The van der Waals surface area contributed by atoms with Gasteiger partial charge in [-0.1, -0.05) is 0 Å². The third-order valence-electron chi connectivity index (χ3n) is 3.56. The molecule has 1 aliphatic rings. The summed E-state index contributed by atoms with van der Waals surface area (Å²) in [6, 6.07) is 1.89. The largest absolute Gasteiger partial charge is 0.454 e. The molecule has 1 unspecified atom stereocenters. The predicted molar refractivity (Wildman–Crippen MR) is 75.0 cm³/mol. The molecule has 1 amide bonds. The van der Waals surface area contributed by atoms with Crippen molar-refractivity contribution in [1.82, 2.24) is 10.3 Å². The number of nitrogen functional groups attached to an aromatic ring is 1. The number of furan rings is 1. The standard InChI is InChI=1S/C14H23N3O3/c1-10-6-12(20-13(10)14(18)16-15)8-17(2)7-11-4-3-5-19-9-11/h6,11H,3-5,7-9,15H2,1-2H3,(H,16,18). The van der Waals surface area contributed by atoms with Crippen LogP contribution in [0.1, 0.15) is 34.7 Å². The van der Waals surface area contributed by atoms with Gasteiger partial charge in [0.15, 0.2) is 5.76 Å². The first kappa shape index (κ1) is 15.0. The lowest BCUT2D eigenvalue weighted by atomic mass is 10.0. The summed E-state index contributed by atoms with van der Waals surface area (Å²) in [5.41, 5.74) is 2.89. The zero-order valence-electron chi connectivity index (χ0n) is 12.1. The number of rotatable bonds is 5. The van der Waals surface area contributed by atoms with Crippen molar-refractivity contribution in [2.24, 2.45) is 11.8 Å². The van der Waals surface area contributed by atoms with Crippen molar-refractivity contribution in [2.75, 3.05) is 26.8 Å². The molecule has 0 saturated carbocycles. The molecule has 1 aromatic rings. The first-order valence-electron chi connectivity index (χ1n) is 6.96. The lowest BCUT2D eigenvalue weighted by Gasteiger charge is -2.26. The third-order valence-corrected chi connectivity index (χ3v) is 3.56. The fourth-order valence-corrected chi connectivity index (χ4v) is 2.64. The second kappa shape index (κ2) is 6.88. The zero-order valence-corrected chi connectivity index (χ0v) is 12.1. The quantitative estimate of drug-likeness (QED) is 0.479. The highest BCUT2D eigenvalue weighted by molar-refractivity contribution is 5.92. The minimum Gasteiger partial charge on any atom is -0.454 e. The number of hydrogen-bond acceptors (Lipinski definition) is 5. The molecule has 1 fully saturated rings. The van der Waals surface area contributed by atoms with Crippen LogP contribution in [-0.2, 0) is 11.3 Å². The Kier molecular flexibility index (Phi) is 5.17. The summed E-state index contributed by atoms with van der Waals surface area (Å²) in [6.45, 7) is 5.21. The highest BCUT2D eigenvalue weighted by Gasteiger charge is 2.18. The van der Waals surface area contributed by atoms with E-state index in [1.54, 1.807) is 0 Å². The molecule has 1 atom stereocenters. The van der Waals surface area contributed by atoms with E-state index in [-0.39, 0.29) is 5.76 Å². The SMILES string of the molecule is Cc1cc(CN(C)CC2CCCOC2)oc1C(=O)NN. The minimum absolute atomic E-state index is 0.289. The van der Waals surface area contributed by atoms with Crippen LogP contribution in [0.25, 0.3) is 0 Å². The number of hydrazine groups is 1. The van der Waals surface area contributed by atoms with Gasteiger partial charge in [-0.25, -0.2) is 5.84 Å². The molecule has 0 spiro atoms. The van der Waals surface area contributed by atoms with Crippen LogP contribution in [0.5, 0.6) is 0 Å². The second-order valence-electron chi connectivity index (χ2n) is 5.48. The maximum absolute atomic E-state index is 11.5. The number of nitrogens with zero attached hydrogens (tertiary/aromatic N) is 1. The molecule has 1 aromatic heterocycles. The molecule has 1 saturated heterocycles. The van der Waals surface area contributed by atoms with Gasteiger partial charge in [-0.2, -0.15) is 0 Å². The van der Waals surface area contributed by atoms with E-state index in [9.17, 15) is 4.79 Å². The van der Waals surface area contributed by atoms with Crippen molar-refractivity contribution in [2.45, 2.75) is 26.3 Å². The molecule has 0 bridgehead atoms. The van der Waals surface area contributed by atoms with Crippen molar-refractivity contribution in [3.63, 3.8) is 0 Å². The van der Waals surface area contributed by atoms with Crippen LogP contribution in [-0.4, -0.2) is 37.6 Å². The van der Waals surface area contributed by atoms with Crippen molar-refractivity contribution >= 4 is 5.91 Å². The van der Waals surface area contributed by atoms with E-state index in [2.05, 4.69) is 17.4 Å². The van der Waals surface area contributed by atoms with Gasteiger partial charge >= 0.3 is 5.91 Å². The lowest BCUT2D eigenvalue weighted by Crippen LogP contribution is -2.30. The van der Waals surface area contributed by atoms with Gasteiger partial charge in [0, 0.05) is 18.7 Å². The Hall–Kier alpha value is -1.37. The summed E-state index contributed by atoms with van der Waals surface area (Å²) >= 11 is 0. The normalized spacial score (nSPS) is 19.3. The Morgan fingerprint density at radius 3 is 3.05 bits per heavy atom. The van der Waals surface area contributed by atoms with E-state index in [0.717, 1.165) is 37.5 Å². The van der Waals surface area contributed by atoms with Crippen LogP contribution < -0.4 is 11.3 Å². The van der Waals surface area contributed by atoms with Gasteiger partial charge in [-0.15, -0.1) is 0 Å². The zero-order chi connectivity index (χ0) is 14.5. The molecule has 0 radical (unpaired) electrons. The molecule has 3 N–H and O–H groups in total. The van der Waals surface area contributed by atoms with Gasteiger partial charge in [0.1, 0.15) is 5.76 Å². The van der Waals surface area contributed by atoms with Gasteiger partial charge < -0.3 is 9.15 Å². The Balaban J connectivity index is 1.90. The maximum atomic E-state index is 11.5. The van der Waals surface area contributed by atoms with Gasteiger partial charge in [0.2, 0.25) is 0 Å². The molecule has 0 aliphatic carbocycles. The molecule has 2 rings (SSSR count). The van der Waals surface area contributed by atoms with Crippen LogP contribution in [0.2, 0.25) is 0 Å². The van der Waals surface area contributed by atoms with E-state index in [1.165, 1.54) is 6.42 Å². The summed E-state index contributed by atoms with van der Waals surface area (Å²) in [4.78, 5) is 13.7. The molecule has 1 aliphatic heterocycles. The first-order chi connectivity index (χ1) is 9.60. The number of ether oxygens (including phenoxy) is 1. The average molecular weight is 281 g/mol. The van der Waals surface area contributed by atoms with Crippen LogP contribution in [0.15, 0.2) is 10.5 Å². The number of amides is 1. The third kappa shape index (κ3) is 3.82. The van der Waals surface area contributed by atoms with Gasteiger partial charge in [-0.05, 0) is 38.8 Å². The maximum Gasteiger partial charge on any atom is 0.301 e. The van der Waals surface area contributed by atoms with E-state index < -0.39 is 5.91 Å². The van der Waals surface area contributed by atoms with Crippen LogP contribution >= 0.6 is 0 Å². The monoisotopic (exact) mass is 281 g/mol. The van der Waals surface area contributed by atoms with E-state index in [4.69, 9.17) is 15.0 Å². The number of aryl methyl sites for hydroxylation is 1. The topological polar surface area (TPSA) is 80.7 Å². The summed E-state index contributed by atoms with van der Waals surface area (Å²) in [5.74, 6) is 6.38. The van der Waals surface area contributed by atoms with Crippen molar-refractivity contribution in [3.05, 3.63) is 23.2 Å². The molecular weight excluding hydrogens is 258 g/mol. The minimum atomic E-state index is -0.392. The molecule has 6 nitrogen and oxygen atoms in total. The van der Waals surface area contributed by atoms with Gasteiger partial charge in [-0.3, -0.25) is 15.1 Å². The Labute approximate surface area is 119 Å². The van der Waals surface area contributed by atoms with E-state index in [0.29, 0.717) is 12.5 Å². The number of nitrogens with two attached hydrogens (primary N) is 1. The molecule has 20 heavy (non-hydrogen) atoms. The first-order valence-corrected chi connectivity index (χ1v) is 6.96. The van der Waals surface area contributed by atoms with Crippen molar-refractivity contribution < 1.29 is 13.9 Å². The molecule has 112 valence electrons. The van der Waals surface area contributed by atoms with Crippen LogP contribution in [0.3, 0.4) is 0 Å².